The summed E-state index contributed by atoms with van der Waals surface area (Å²) < 4.78 is 52.0. The molecule has 95 heavy (non-hydrogen) atoms. The molecule has 0 aromatic heterocycles. The number of unbranched alkanes of at least 4 members (excludes halogenated alkanes) is 32. The largest absolute Gasteiger partial charge is 0.461 e. The maximum absolute atomic E-state index is 12.9. The highest BCUT2D eigenvalue weighted by Crippen LogP contribution is 2.22. The van der Waals surface area contributed by atoms with Gasteiger partial charge in [0, 0.05) is 0 Å². The second kappa shape index (κ2) is 72.1. The predicted octanol–water partition coefficient (Wildman–Crippen LogP) is 21.5. The van der Waals surface area contributed by atoms with Crippen LogP contribution in [0.25, 0.3) is 0 Å². The highest BCUT2D eigenvalue weighted by Gasteiger charge is 2.21. The fourth-order valence-electron chi connectivity index (χ4n) is 11.8. The van der Waals surface area contributed by atoms with E-state index in [9.17, 15) is 24.3 Å². The normalized spacial score (nSPS) is 11.6. The van der Waals surface area contributed by atoms with Crippen LogP contribution in [-0.4, -0.2) is 118 Å². The van der Waals surface area contributed by atoms with Gasteiger partial charge in [0.2, 0.25) is 0 Å². The molecule has 0 saturated carbocycles. The van der Waals surface area contributed by atoms with Crippen LogP contribution in [0.15, 0.2) is 30.3 Å². The first-order chi connectivity index (χ1) is 46.5. The minimum absolute atomic E-state index is 0.0546. The van der Waals surface area contributed by atoms with E-state index in [1.165, 1.54) is 205 Å². The quantitative estimate of drug-likeness (QED) is 0.0371. The van der Waals surface area contributed by atoms with Crippen LogP contribution in [0.5, 0.6) is 0 Å². The highest BCUT2D eigenvalue weighted by molar-refractivity contribution is 5.72. The van der Waals surface area contributed by atoms with Crippen molar-refractivity contribution in [3.8, 4) is 0 Å². The van der Waals surface area contributed by atoms with Crippen molar-refractivity contribution in [3.05, 3.63) is 35.9 Å². The molecule has 0 radical (unpaired) electrons. The Balaban J connectivity index is 0.00000188. The lowest BCUT2D eigenvalue weighted by atomic mass is 10.0. The summed E-state index contributed by atoms with van der Waals surface area (Å²) in [6, 6.07) is 9.92. The third-order valence-corrected chi connectivity index (χ3v) is 17.7. The Bertz CT molecular complexity index is 1620. The van der Waals surface area contributed by atoms with Crippen LogP contribution in [0.4, 0.5) is 0 Å². The van der Waals surface area contributed by atoms with Crippen molar-refractivity contribution >= 4 is 23.9 Å². The molecule has 0 atom stereocenters. The highest BCUT2D eigenvalue weighted by atomic mass is 16.6. The average molecular weight is 1350 g/mol. The van der Waals surface area contributed by atoms with Crippen molar-refractivity contribution < 1.29 is 66.9 Å². The lowest BCUT2D eigenvalue weighted by Gasteiger charge is -2.21. The topological polar surface area (TPSA) is 172 Å². The summed E-state index contributed by atoms with van der Waals surface area (Å²) in [5.41, 5.74) is 1.03. The minimum atomic E-state index is -0.934. The van der Waals surface area contributed by atoms with Crippen molar-refractivity contribution in [1.29, 1.82) is 0 Å². The Morgan fingerprint density at radius 1 is 0.284 bits per heavy atom. The van der Waals surface area contributed by atoms with E-state index in [1.807, 2.05) is 30.3 Å². The fraction of sp³-hybridized carbons (Fsp3) is 0.877. The molecule has 1 rings (SSSR count). The smallest absolute Gasteiger partial charge is 0.332 e. The Labute approximate surface area is 583 Å². The fourth-order valence-corrected chi connectivity index (χ4v) is 11.8. The number of carbonyl (C=O) groups is 4. The zero-order chi connectivity index (χ0) is 69.6. The van der Waals surface area contributed by atoms with E-state index < -0.39 is 12.2 Å². The standard InChI is InChI=1S/C44H78O7.C37H72O7/c1-5-9-13-17-24-30-40(31-25-18-14-10-6-2)50-43(45)37-47-35-42(49-34-39-28-22-21-23-29-39)36-48-38-44(46)51-41(32-26-19-15-11-7-3)33-27-20-16-12-8-4;1-5-9-13-17-21-25-34(26-22-18-14-10-6-2)43-36(39)31-41-29-33(38)30-42-32-37(40)44-35(27-23-19-15-11-7-3)28-24-20-16-12-8-4/h21-23,28-29,40-42H,5-20,24-27,30-38H2,1-4H3;33-35,38H,5-32H2,1-4H3. The van der Waals surface area contributed by atoms with Gasteiger partial charge < -0.3 is 47.7 Å². The Morgan fingerprint density at radius 3 is 0.716 bits per heavy atom. The molecular weight excluding hydrogens is 1200 g/mol. The van der Waals surface area contributed by atoms with Crippen molar-refractivity contribution in [2.45, 2.75) is 407 Å². The van der Waals surface area contributed by atoms with Crippen LogP contribution in [-0.2, 0) is 68.4 Å². The predicted molar refractivity (Wildman–Crippen MR) is 391 cm³/mol. The third-order valence-electron chi connectivity index (χ3n) is 17.7. The van der Waals surface area contributed by atoms with Gasteiger partial charge in [0.25, 0.3) is 0 Å². The van der Waals surface area contributed by atoms with Gasteiger partial charge in [-0.3, -0.25) is 0 Å². The summed E-state index contributed by atoms with van der Waals surface area (Å²) in [5, 5.41) is 10.2. The molecule has 0 spiro atoms. The molecule has 1 aromatic rings. The lowest BCUT2D eigenvalue weighted by Crippen LogP contribution is -2.30. The van der Waals surface area contributed by atoms with Crippen molar-refractivity contribution in [2.75, 3.05) is 52.9 Å². The van der Waals surface area contributed by atoms with E-state index in [1.54, 1.807) is 0 Å². The molecule has 14 heteroatoms. The first kappa shape index (κ1) is 91.9. The summed E-state index contributed by atoms with van der Waals surface area (Å²) in [6.45, 7) is 17.7. The van der Waals surface area contributed by atoms with Crippen LogP contribution in [0.3, 0.4) is 0 Å². The number of aliphatic hydroxyl groups excluding tert-OH is 1. The van der Waals surface area contributed by atoms with E-state index in [0.29, 0.717) is 6.61 Å². The first-order valence-electron chi connectivity index (χ1n) is 39.9. The van der Waals surface area contributed by atoms with Crippen molar-refractivity contribution in [1.82, 2.24) is 0 Å². The molecule has 1 N–H and O–H groups in total. The van der Waals surface area contributed by atoms with Gasteiger partial charge in [-0.2, -0.15) is 0 Å². The van der Waals surface area contributed by atoms with Gasteiger partial charge in [-0.15, -0.1) is 0 Å². The SMILES string of the molecule is CCCCCCCC(CCCCCCC)OC(=O)COCC(COCC(=O)OC(CCCCCCC)CCCCCCC)OCc1ccccc1.CCCCCCCC(CCCCCCC)OC(=O)COCC(O)COCC(=O)OC(CCCCCCC)CCCCCCC. The van der Waals surface area contributed by atoms with Crippen molar-refractivity contribution in [3.63, 3.8) is 0 Å². The van der Waals surface area contributed by atoms with Gasteiger partial charge in [-0.25, -0.2) is 19.2 Å². The zero-order valence-electron chi connectivity index (χ0n) is 62.9. The number of aliphatic hydroxyl groups is 1. The molecule has 1 aromatic carbocycles. The molecular formula is C81H150O14. The van der Waals surface area contributed by atoms with Crippen LogP contribution in [0, 0.1) is 0 Å². The number of hydrogen-bond acceptors (Lipinski definition) is 14. The van der Waals surface area contributed by atoms with Gasteiger partial charge in [0.15, 0.2) is 0 Å². The minimum Gasteiger partial charge on any atom is -0.461 e. The Morgan fingerprint density at radius 2 is 0.495 bits per heavy atom. The molecule has 14 nitrogen and oxygen atoms in total. The van der Waals surface area contributed by atoms with Gasteiger partial charge in [-0.1, -0.05) is 291 Å². The molecule has 558 valence electrons. The van der Waals surface area contributed by atoms with Gasteiger partial charge in [-0.05, 0) is 108 Å². The third kappa shape index (κ3) is 64.0. The summed E-state index contributed by atoms with van der Waals surface area (Å²) in [6.07, 6.45) is 53.3. The summed E-state index contributed by atoms with van der Waals surface area (Å²) in [7, 11) is 0. The zero-order valence-corrected chi connectivity index (χ0v) is 62.9. The van der Waals surface area contributed by atoms with E-state index in [0.717, 1.165) is 108 Å². The monoisotopic (exact) mass is 1350 g/mol. The molecule has 0 fully saturated rings. The molecule has 0 aliphatic carbocycles. The van der Waals surface area contributed by atoms with Gasteiger partial charge in [0.05, 0.1) is 33.0 Å². The Kier molecular flexibility index (Phi) is 69.7. The molecule has 0 aliphatic heterocycles. The number of rotatable bonds is 71. The summed E-state index contributed by atoms with van der Waals surface area (Å²) in [5.74, 6) is -1.43. The van der Waals surface area contributed by atoms with E-state index in [4.69, 9.17) is 42.6 Å². The van der Waals surface area contributed by atoms with Gasteiger partial charge >= 0.3 is 23.9 Å². The molecule has 0 saturated heterocycles. The van der Waals surface area contributed by atoms with Crippen LogP contribution >= 0.6 is 0 Å². The Hall–Kier alpha value is -3.14. The number of esters is 4. The van der Waals surface area contributed by atoms with E-state index >= 15 is 0 Å². The van der Waals surface area contributed by atoms with Crippen LogP contribution in [0.1, 0.15) is 369 Å². The maximum atomic E-state index is 12.9. The molecule has 0 amide bonds. The maximum Gasteiger partial charge on any atom is 0.332 e. The molecule has 0 unspecified atom stereocenters. The van der Waals surface area contributed by atoms with Crippen LogP contribution in [0.2, 0.25) is 0 Å². The summed E-state index contributed by atoms with van der Waals surface area (Å²) in [4.78, 5) is 50.6. The molecule has 0 bridgehead atoms. The van der Waals surface area contributed by atoms with E-state index in [-0.39, 0.29) is 101 Å². The summed E-state index contributed by atoms with van der Waals surface area (Å²) >= 11 is 0. The number of carbonyl (C=O) groups excluding carboxylic acids is 4. The number of hydrogen-bond donors (Lipinski definition) is 1. The lowest BCUT2D eigenvalue weighted by molar-refractivity contribution is -0.160. The second-order valence-corrected chi connectivity index (χ2v) is 27.2. The van der Waals surface area contributed by atoms with Crippen LogP contribution < -0.4 is 0 Å². The van der Waals surface area contributed by atoms with Gasteiger partial charge in [0.1, 0.15) is 63.1 Å². The second-order valence-electron chi connectivity index (χ2n) is 27.2. The molecule has 0 aliphatic rings. The average Bonchev–Trinajstić information content (AvgIpc) is 3.68. The van der Waals surface area contributed by atoms with Crippen molar-refractivity contribution in [2.24, 2.45) is 0 Å². The number of ether oxygens (including phenoxy) is 9. The van der Waals surface area contributed by atoms with E-state index in [2.05, 4.69) is 55.4 Å². The number of benzene rings is 1. The first-order valence-corrected chi connectivity index (χ1v) is 39.9. The molecule has 0 heterocycles.